The number of rotatable bonds is 6. The predicted octanol–water partition coefficient (Wildman–Crippen LogP) is 0.612. The largest absolute Gasteiger partial charge is 0.383 e. The molecule has 3 nitrogen and oxygen atoms in total. The van der Waals surface area contributed by atoms with E-state index >= 15 is 0 Å². The van der Waals surface area contributed by atoms with Crippen molar-refractivity contribution in [2.45, 2.75) is 19.3 Å². The lowest BCUT2D eigenvalue weighted by Gasteiger charge is -2.22. The maximum Gasteiger partial charge on any atom is 0.0587 e. The molecule has 1 fully saturated rings. The van der Waals surface area contributed by atoms with Gasteiger partial charge in [-0.25, -0.2) is 0 Å². The highest BCUT2D eigenvalue weighted by Crippen LogP contribution is 2.14. The minimum absolute atomic E-state index is 0.826. The molecule has 0 aliphatic carbocycles. The van der Waals surface area contributed by atoms with Gasteiger partial charge in [0.25, 0.3) is 0 Å². The van der Waals surface area contributed by atoms with Crippen LogP contribution in [0, 0.1) is 5.92 Å². The Morgan fingerprint density at radius 3 is 2.77 bits per heavy atom. The Bertz CT molecular complexity index is 113. The van der Waals surface area contributed by atoms with Crippen LogP contribution in [-0.4, -0.2) is 39.9 Å². The van der Waals surface area contributed by atoms with E-state index < -0.39 is 0 Å². The lowest BCUT2D eigenvalue weighted by Crippen LogP contribution is -2.30. The standard InChI is InChI=1S/C10H22N2O/c1-13-9-8-12-7-4-10-2-5-11-6-3-10/h10-12H,2-9H2,1H3. The fraction of sp³-hybridized carbons (Fsp3) is 1.00. The molecule has 1 saturated heterocycles. The molecule has 0 unspecified atom stereocenters. The summed E-state index contributed by atoms with van der Waals surface area (Å²) in [5.74, 6) is 0.941. The van der Waals surface area contributed by atoms with E-state index in [-0.39, 0.29) is 0 Å². The van der Waals surface area contributed by atoms with Crippen LogP contribution in [0.3, 0.4) is 0 Å². The van der Waals surface area contributed by atoms with Gasteiger partial charge in [0.2, 0.25) is 0 Å². The minimum Gasteiger partial charge on any atom is -0.383 e. The maximum atomic E-state index is 4.96. The topological polar surface area (TPSA) is 33.3 Å². The molecule has 1 heterocycles. The lowest BCUT2D eigenvalue weighted by molar-refractivity contribution is 0.198. The summed E-state index contributed by atoms with van der Waals surface area (Å²) in [5, 5.41) is 6.77. The van der Waals surface area contributed by atoms with Crippen LogP contribution in [0.2, 0.25) is 0 Å². The van der Waals surface area contributed by atoms with Gasteiger partial charge in [0.1, 0.15) is 0 Å². The van der Waals surface area contributed by atoms with Crippen molar-refractivity contribution in [3.05, 3.63) is 0 Å². The van der Waals surface area contributed by atoms with E-state index in [0.717, 1.165) is 25.6 Å². The minimum atomic E-state index is 0.826. The summed E-state index contributed by atoms with van der Waals surface area (Å²) in [7, 11) is 1.74. The third-order valence-corrected chi connectivity index (χ3v) is 2.67. The average molecular weight is 186 g/mol. The second-order valence-electron chi connectivity index (χ2n) is 3.72. The maximum absolute atomic E-state index is 4.96. The van der Waals surface area contributed by atoms with Gasteiger partial charge in [-0.05, 0) is 44.8 Å². The number of piperidine rings is 1. The van der Waals surface area contributed by atoms with E-state index in [0.29, 0.717) is 0 Å². The monoisotopic (exact) mass is 186 g/mol. The number of hydrogen-bond donors (Lipinski definition) is 2. The molecule has 0 aromatic carbocycles. The van der Waals surface area contributed by atoms with Crippen LogP contribution in [0.15, 0.2) is 0 Å². The van der Waals surface area contributed by atoms with Gasteiger partial charge in [0, 0.05) is 13.7 Å². The Balaban J connectivity index is 1.86. The van der Waals surface area contributed by atoms with Crippen molar-refractivity contribution < 1.29 is 4.74 Å². The van der Waals surface area contributed by atoms with Crippen LogP contribution in [0.1, 0.15) is 19.3 Å². The normalized spacial score (nSPS) is 19.2. The highest BCUT2D eigenvalue weighted by molar-refractivity contribution is 4.69. The van der Waals surface area contributed by atoms with Crippen LogP contribution < -0.4 is 10.6 Å². The smallest absolute Gasteiger partial charge is 0.0587 e. The SMILES string of the molecule is COCCNCCC1CCNCC1. The van der Waals surface area contributed by atoms with E-state index in [9.17, 15) is 0 Å². The Morgan fingerprint density at radius 2 is 2.08 bits per heavy atom. The van der Waals surface area contributed by atoms with E-state index in [1.807, 2.05) is 0 Å². The summed E-state index contributed by atoms with van der Waals surface area (Å²) < 4.78 is 4.96. The second-order valence-corrected chi connectivity index (χ2v) is 3.72. The molecule has 1 aliphatic heterocycles. The molecule has 0 bridgehead atoms. The van der Waals surface area contributed by atoms with Crippen LogP contribution in [0.5, 0.6) is 0 Å². The molecule has 0 saturated carbocycles. The quantitative estimate of drug-likeness (QED) is 0.596. The van der Waals surface area contributed by atoms with Gasteiger partial charge in [0.05, 0.1) is 6.61 Å². The highest BCUT2D eigenvalue weighted by Gasteiger charge is 2.11. The summed E-state index contributed by atoms with van der Waals surface area (Å²) in [5.41, 5.74) is 0. The molecular formula is C10H22N2O. The van der Waals surface area contributed by atoms with Crippen molar-refractivity contribution in [3.8, 4) is 0 Å². The second kappa shape index (κ2) is 7.30. The summed E-state index contributed by atoms with van der Waals surface area (Å²) in [6, 6.07) is 0. The molecule has 1 rings (SSSR count). The van der Waals surface area contributed by atoms with Crippen molar-refractivity contribution in [2.75, 3.05) is 39.9 Å². The van der Waals surface area contributed by atoms with Gasteiger partial charge in [0.15, 0.2) is 0 Å². The van der Waals surface area contributed by atoms with E-state index in [1.165, 1.54) is 32.4 Å². The Morgan fingerprint density at radius 1 is 1.31 bits per heavy atom. The fourth-order valence-corrected chi connectivity index (χ4v) is 1.78. The van der Waals surface area contributed by atoms with E-state index in [1.54, 1.807) is 7.11 Å². The van der Waals surface area contributed by atoms with Gasteiger partial charge in [-0.1, -0.05) is 0 Å². The fourth-order valence-electron chi connectivity index (χ4n) is 1.78. The molecule has 13 heavy (non-hydrogen) atoms. The first-order valence-corrected chi connectivity index (χ1v) is 5.34. The van der Waals surface area contributed by atoms with Gasteiger partial charge in [-0.15, -0.1) is 0 Å². The summed E-state index contributed by atoms with van der Waals surface area (Å²) in [6.45, 7) is 5.38. The molecule has 3 heteroatoms. The van der Waals surface area contributed by atoms with Gasteiger partial charge < -0.3 is 15.4 Å². The number of hydrogen-bond acceptors (Lipinski definition) is 3. The van der Waals surface area contributed by atoms with Gasteiger partial charge in [-0.2, -0.15) is 0 Å². The molecule has 0 atom stereocenters. The lowest BCUT2D eigenvalue weighted by atomic mass is 9.95. The van der Waals surface area contributed by atoms with Crippen molar-refractivity contribution in [1.82, 2.24) is 10.6 Å². The van der Waals surface area contributed by atoms with Gasteiger partial charge in [-0.3, -0.25) is 0 Å². The van der Waals surface area contributed by atoms with E-state index in [4.69, 9.17) is 4.74 Å². The highest BCUT2D eigenvalue weighted by atomic mass is 16.5. The van der Waals surface area contributed by atoms with E-state index in [2.05, 4.69) is 10.6 Å². The molecule has 2 N–H and O–H groups in total. The zero-order valence-corrected chi connectivity index (χ0v) is 8.64. The summed E-state index contributed by atoms with van der Waals surface area (Å²) in [6.07, 6.45) is 4.03. The molecule has 0 amide bonds. The third-order valence-electron chi connectivity index (χ3n) is 2.67. The van der Waals surface area contributed by atoms with Crippen LogP contribution in [-0.2, 0) is 4.74 Å². The average Bonchev–Trinajstić information content (AvgIpc) is 2.19. The molecule has 0 spiro atoms. The molecule has 0 aromatic heterocycles. The number of methoxy groups -OCH3 is 1. The van der Waals surface area contributed by atoms with Crippen molar-refractivity contribution in [2.24, 2.45) is 5.92 Å². The Labute approximate surface area is 81.2 Å². The number of nitrogens with one attached hydrogen (secondary N) is 2. The van der Waals surface area contributed by atoms with Crippen molar-refractivity contribution in [1.29, 1.82) is 0 Å². The van der Waals surface area contributed by atoms with Gasteiger partial charge >= 0.3 is 0 Å². The van der Waals surface area contributed by atoms with Crippen LogP contribution >= 0.6 is 0 Å². The molecular weight excluding hydrogens is 164 g/mol. The Kier molecular flexibility index (Phi) is 6.15. The van der Waals surface area contributed by atoms with Crippen LogP contribution in [0.25, 0.3) is 0 Å². The van der Waals surface area contributed by atoms with Crippen molar-refractivity contribution >= 4 is 0 Å². The third kappa shape index (κ3) is 5.24. The summed E-state index contributed by atoms with van der Waals surface area (Å²) >= 11 is 0. The Hall–Kier alpha value is -0.120. The first kappa shape index (κ1) is 11.0. The molecule has 0 radical (unpaired) electrons. The molecule has 1 aliphatic rings. The first-order chi connectivity index (χ1) is 6.43. The molecule has 78 valence electrons. The predicted molar refractivity (Wildman–Crippen MR) is 55.0 cm³/mol. The first-order valence-electron chi connectivity index (χ1n) is 5.34. The zero-order valence-electron chi connectivity index (χ0n) is 8.64. The summed E-state index contributed by atoms with van der Waals surface area (Å²) in [4.78, 5) is 0. The molecule has 0 aromatic rings. The zero-order chi connectivity index (χ0) is 9.36. The number of ether oxygens (including phenoxy) is 1. The van der Waals surface area contributed by atoms with Crippen molar-refractivity contribution in [3.63, 3.8) is 0 Å². The van der Waals surface area contributed by atoms with Crippen LogP contribution in [0.4, 0.5) is 0 Å².